The zero-order chi connectivity index (χ0) is 14.7. The van der Waals surface area contributed by atoms with E-state index >= 15 is 0 Å². The van der Waals surface area contributed by atoms with Crippen molar-refractivity contribution in [2.45, 2.75) is 33.4 Å². The first-order chi connectivity index (χ1) is 9.55. The molecule has 0 bridgehead atoms. The van der Waals surface area contributed by atoms with Crippen molar-refractivity contribution in [3.63, 3.8) is 0 Å². The van der Waals surface area contributed by atoms with E-state index in [2.05, 4.69) is 5.10 Å². The van der Waals surface area contributed by atoms with Gasteiger partial charge in [0.05, 0.1) is 23.5 Å². The first kappa shape index (κ1) is 14.0. The third-order valence-corrected chi connectivity index (χ3v) is 3.15. The maximum Gasteiger partial charge on any atom is 0.335 e. The normalized spacial score (nSPS) is 10.7. The zero-order valence-electron chi connectivity index (χ0n) is 11.5. The molecule has 6 nitrogen and oxygen atoms in total. The smallest absolute Gasteiger partial charge is 0.335 e. The minimum Gasteiger partial charge on any atom is -0.478 e. The molecule has 2 heterocycles. The highest BCUT2D eigenvalue weighted by Gasteiger charge is 2.09. The Morgan fingerprint density at radius 3 is 2.65 bits per heavy atom. The molecule has 0 unspecified atom stereocenters. The standard InChI is InChI=1S/C14H17N3O3/c1-3-11-8-12(17(4-2)15-11)9-16-6-5-10(14(19)20)7-13(16)18/h5-8H,3-4,9H2,1-2H3,(H,19,20). The van der Waals surface area contributed by atoms with Gasteiger partial charge < -0.3 is 9.67 Å². The van der Waals surface area contributed by atoms with Crippen LogP contribution in [-0.2, 0) is 19.5 Å². The molecule has 0 fully saturated rings. The van der Waals surface area contributed by atoms with Crippen LogP contribution in [0.3, 0.4) is 0 Å². The van der Waals surface area contributed by atoms with Gasteiger partial charge in [0.2, 0.25) is 0 Å². The number of rotatable bonds is 5. The molecule has 0 amide bonds. The molecule has 0 aliphatic heterocycles. The van der Waals surface area contributed by atoms with Crippen LogP contribution in [0.25, 0.3) is 0 Å². The first-order valence-corrected chi connectivity index (χ1v) is 6.54. The summed E-state index contributed by atoms with van der Waals surface area (Å²) >= 11 is 0. The summed E-state index contributed by atoms with van der Waals surface area (Å²) in [4.78, 5) is 22.7. The fourth-order valence-corrected chi connectivity index (χ4v) is 2.03. The number of aryl methyl sites for hydroxylation is 2. The summed E-state index contributed by atoms with van der Waals surface area (Å²) in [5.41, 5.74) is 1.60. The highest BCUT2D eigenvalue weighted by Crippen LogP contribution is 2.07. The lowest BCUT2D eigenvalue weighted by Gasteiger charge is -2.07. The summed E-state index contributed by atoms with van der Waals surface area (Å²) in [6, 6.07) is 4.54. The Morgan fingerprint density at radius 2 is 2.10 bits per heavy atom. The van der Waals surface area contributed by atoms with Gasteiger partial charge in [-0.2, -0.15) is 5.10 Å². The average molecular weight is 275 g/mol. The van der Waals surface area contributed by atoms with Crippen LogP contribution in [0.1, 0.15) is 35.6 Å². The van der Waals surface area contributed by atoms with Gasteiger partial charge in [-0.15, -0.1) is 0 Å². The SMILES string of the molecule is CCc1cc(Cn2ccc(C(=O)O)cc2=O)n(CC)n1. The Kier molecular flexibility index (Phi) is 4.02. The van der Waals surface area contributed by atoms with E-state index in [-0.39, 0.29) is 11.1 Å². The number of carboxylic acids is 1. The molecule has 20 heavy (non-hydrogen) atoms. The number of hydrogen-bond donors (Lipinski definition) is 1. The number of carbonyl (C=O) groups is 1. The molecule has 0 radical (unpaired) electrons. The molecule has 0 aromatic carbocycles. The molecular weight excluding hydrogens is 258 g/mol. The Hall–Kier alpha value is -2.37. The van der Waals surface area contributed by atoms with Gasteiger partial charge in [-0.05, 0) is 25.5 Å². The molecule has 2 aromatic heterocycles. The predicted molar refractivity (Wildman–Crippen MR) is 74.0 cm³/mol. The summed E-state index contributed by atoms with van der Waals surface area (Å²) in [6.07, 6.45) is 2.34. The van der Waals surface area contributed by atoms with E-state index in [1.165, 1.54) is 16.8 Å². The van der Waals surface area contributed by atoms with Crippen molar-refractivity contribution in [3.8, 4) is 0 Å². The van der Waals surface area contributed by atoms with E-state index in [9.17, 15) is 9.59 Å². The number of aromatic nitrogens is 3. The van der Waals surface area contributed by atoms with Crippen LogP contribution in [0.15, 0.2) is 29.2 Å². The second-order valence-electron chi connectivity index (χ2n) is 4.48. The number of aromatic carboxylic acids is 1. The predicted octanol–water partition coefficient (Wildman–Crippen LogP) is 1.37. The van der Waals surface area contributed by atoms with Crippen molar-refractivity contribution in [1.29, 1.82) is 0 Å². The Morgan fingerprint density at radius 1 is 1.35 bits per heavy atom. The third kappa shape index (κ3) is 2.79. The van der Waals surface area contributed by atoms with Gasteiger partial charge >= 0.3 is 5.97 Å². The Bertz CT molecular complexity index is 685. The van der Waals surface area contributed by atoms with Crippen LogP contribution in [0.4, 0.5) is 0 Å². The van der Waals surface area contributed by atoms with E-state index in [0.29, 0.717) is 6.54 Å². The lowest BCUT2D eigenvalue weighted by Crippen LogP contribution is -2.22. The van der Waals surface area contributed by atoms with Crippen LogP contribution >= 0.6 is 0 Å². The van der Waals surface area contributed by atoms with Crippen molar-refractivity contribution >= 4 is 5.97 Å². The average Bonchev–Trinajstić information content (AvgIpc) is 2.83. The molecule has 106 valence electrons. The van der Waals surface area contributed by atoms with E-state index in [0.717, 1.165) is 30.4 Å². The number of nitrogens with zero attached hydrogens (tertiary/aromatic N) is 3. The van der Waals surface area contributed by atoms with Crippen LogP contribution in [0.2, 0.25) is 0 Å². The van der Waals surface area contributed by atoms with Gasteiger partial charge in [0.25, 0.3) is 5.56 Å². The minimum atomic E-state index is -1.10. The van der Waals surface area contributed by atoms with Crippen molar-refractivity contribution < 1.29 is 9.90 Å². The summed E-state index contributed by atoms with van der Waals surface area (Å²) in [7, 11) is 0. The van der Waals surface area contributed by atoms with Crippen molar-refractivity contribution in [2.24, 2.45) is 0 Å². The molecule has 0 atom stereocenters. The molecule has 0 saturated carbocycles. The van der Waals surface area contributed by atoms with Crippen LogP contribution in [0.5, 0.6) is 0 Å². The molecule has 2 aromatic rings. The van der Waals surface area contributed by atoms with Gasteiger partial charge in [-0.3, -0.25) is 9.48 Å². The minimum absolute atomic E-state index is 0.00416. The highest BCUT2D eigenvalue weighted by molar-refractivity contribution is 5.87. The second-order valence-corrected chi connectivity index (χ2v) is 4.48. The molecule has 0 aliphatic carbocycles. The van der Waals surface area contributed by atoms with E-state index < -0.39 is 5.97 Å². The molecule has 6 heteroatoms. The summed E-state index contributed by atoms with van der Waals surface area (Å²) in [6.45, 7) is 5.14. The van der Waals surface area contributed by atoms with Gasteiger partial charge in [-0.1, -0.05) is 6.92 Å². The summed E-state index contributed by atoms with van der Waals surface area (Å²) in [5.74, 6) is -1.10. The molecule has 0 saturated heterocycles. The quantitative estimate of drug-likeness (QED) is 0.894. The maximum atomic E-state index is 11.9. The van der Waals surface area contributed by atoms with Crippen LogP contribution in [0, 0.1) is 0 Å². The lowest BCUT2D eigenvalue weighted by atomic mass is 10.2. The lowest BCUT2D eigenvalue weighted by molar-refractivity contribution is 0.0696. The van der Waals surface area contributed by atoms with Gasteiger partial charge in [0.1, 0.15) is 0 Å². The van der Waals surface area contributed by atoms with Crippen molar-refractivity contribution in [3.05, 3.63) is 51.7 Å². The largest absolute Gasteiger partial charge is 0.478 e. The monoisotopic (exact) mass is 275 g/mol. The number of carboxylic acid groups (broad SMARTS) is 1. The highest BCUT2D eigenvalue weighted by atomic mass is 16.4. The summed E-state index contributed by atoms with van der Waals surface area (Å²) in [5, 5.41) is 13.3. The Labute approximate surface area is 116 Å². The third-order valence-electron chi connectivity index (χ3n) is 3.15. The topological polar surface area (TPSA) is 77.1 Å². The maximum absolute atomic E-state index is 11.9. The molecule has 0 aliphatic rings. The fourth-order valence-electron chi connectivity index (χ4n) is 2.03. The van der Waals surface area contributed by atoms with Gasteiger partial charge in [0, 0.05) is 18.8 Å². The molecule has 0 spiro atoms. The molecule has 1 N–H and O–H groups in total. The zero-order valence-corrected chi connectivity index (χ0v) is 11.5. The van der Waals surface area contributed by atoms with Gasteiger partial charge in [0.15, 0.2) is 0 Å². The Balaban J connectivity index is 2.32. The van der Waals surface area contributed by atoms with E-state index in [1.807, 2.05) is 24.6 Å². The molecular formula is C14H17N3O3. The van der Waals surface area contributed by atoms with Crippen LogP contribution in [-0.4, -0.2) is 25.4 Å². The number of hydrogen-bond acceptors (Lipinski definition) is 3. The summed E-state index contributed by atoms with van der Waals surface area (Å²) < 4.78 is 3.34. The van der Waals surface area contributed by atoms with Crippen molar-refractivity contribution in [2.75, 3.05) is 0 Å². The van der Waals surface area contributed by atoms with Crippen LogP contribution < -0.4 is 5.56 Å². The van der Waals surface area contributed by atoms with Crippen molar-refractivity contribution in [1.82, 2.24) is 14.3 Å². The van der Waals surface area contributed by atoms with E-state index in [4.69, 9.17) is 5.11 Å². The van der Waals surface area contributed by atoms with E-state index in [1.54, 1.807) is 0 Å². The number of pyridine rings is 1. The molecule has 2 rings (SSSR count). The second kappa shape index (κ2) is 5.73. The first-order valence-electron chi connectivity index (χ1n) is 6.54. The van der Waals surface area contributed by atoms with Gasteiger partial charge in [-0.25, -0.2) is 4.79 Å². The fraction of sp³-hybridized carbons (Fsp3) is 0.357.